The Balaban J connectivity index is 1.82. The number of ether oxygens (including phenoxy) is 5. The van der Waals surface area contributed by atoms with Crippen molar-refractivity contribution in [3.05, 3.63) is 47.0 Å². The standard InChI is InChI=1S/C31H40O11/c1-16-19(33)13-31(37)26(41-27(36)18-10-8-7-9-11-18)24-29(5,25(35)23(34)22(16)28(31,3)4)20(40-15-38-6)12-21-30(24,14-39-21)42-17(2)32/h7-11,19-21,23-24,26,33-34,37H,12-15H2,1-6H3/t19-,20?,21?,23+,24?,26-,29+,30-,31+/m0/s1. The van der Waals surface area contributed by atoms with Crippen LogP contribution < -0.4 is 0 Å². The van der Waals surface area contributed by atoms with E-state index in [-0.39, 0.29) is 37.4 Å². The van der Waals surface area contributed by atoms with Gasteiger partial charge in [0, 0.05) is 32.3 Å². The number of esters is 2. The van der Waals surface area contributed by atoms with Gasteiger partial charge >= 0.3 is 11.9 Å². The Hall–Kier alpha value is -2.67. The van der Waals surface area contributed by atoms with E-state index in [4.69, 9.17) is 23.7 Å². The van der Waals surface area contributed by atoms with Crippen LogP contribution in [-0.4, -0.2) is 95.3 Å². The van der Waals surface area contributed by atoms with Crippen LogP contribution in [-0.2, 0) is 33.3 Å². The maximum absolute atomic E-state index is 14.7. The van der Waals surface area contributed by atoms with Gasteiger partial charge in [0.25, 0.3) is 0 Å². The molecule has 1 saturated heterocycles. The molecule has 1 aromatic carbocycles. The van der Waals surface area contributed by atoms with Crippen molar-refractivity contribution in [2.24, 2.45) is 16.7 Å². The summed E-state index contributed by atoms with van der Waals surface area (Å²) in [6.45, 7) is 7.38. The lowest BCUT2D eigenvalue weighted by atomic mass is 9.44. The molecule has 0 amide bonds. The van der Waals surface area contributed by atoms with Crippen LogP contribution in [0, 0.1) is 16.7 Å². The summed E-state index contributed by atoms with van der Waals surface area (Å²) in [7, 11) is 1.43. The van der Waals surface area contributed by atoms with Crippen LogP contribution in [0.1, 0.15) is 57.8 Å². The monoisotopic (exact) mass is 588 g/mol. The van der Waals surface area contributed by atoms with E-state index >= 15 is 0 Å². The Morgan fingerprint density at radius 3 is 2.36 bits per heavy atom. The fourth-order valence-electron chi connectivity index (χ4n) is 8.03. The average Bonchev–Trinajstić information content (AvgIpc) is 2.93. The van der Waals surface area contributed by atoms with Crippen LogP contribution in [0.3, 0.4) is 0 Å². The molecule has 3 fully saturated rings. The van der Waals surface area contributed by atoms with Gasteiger partial charge in [-0.1, -0.05) is 32.0 Å². The molecular weight excluding hydrogens is 548 g/mol. The molecule has 3 unspecified atom stereocenters. The molecule has 0 aromatic heterocycles. The second-order valence-electron chi connectivity index (χ2n) is 12.7. The maximum atomic E-state index is 14.7. The Kier molecular flexibility index (Phi) is 7.69. The molecule has 230 valence electrons. The van der Waals surface area contributed by atoms with E-state index < -0.39 is 76.2 Å². The highest BCUT2D eigenvalue weighted by molar-refractivity contribution is 5.94. The van der Waals surface area contributed by atoms with E-state index in [0.29, 0.717) is 5.57 Å². The minimum Gasteiger partial charge on any atom is -0.455 e. The zero-order valence-corrected chi connectivity index (χ0v) is 24.8. The lowest BCUT2D eigenvalue weighted by Gasteiger charge is -2.67. The highest BCUT2D eigenvalue weighted by atomic mass is 16.7. The first-order valence-corrected chi connectivity index (χ1v) is 14.2. The van der Waals surface area contributed by atoms with Gasteiger partial charge in [-0.2, -0.15) is 0 Å². The predicted molar refractivity (Wildman–Crippen MR) is 146 cm³/mol. The fraction of sp³-hybridized carbons (Fsp3) is 0.645. The number of aliphatic hydroxyl groups is 3. The van der Waals surface area contributed by atoms with Gasteiger partial charge in [0.1, 0.15) is 30.7 Å². The number of carbonyl (C=O) groups is 3. The van der Waals surface area contributed by atoms with Crippen molar-refractivity contribution in [1.82, 2.24) is 0 Å². The van der Waals surface area contributed by atoms with Gasteiger partial charge < -0.3 is 39.0 Å². The van der Waals surface area contributed by atoms with Gasteiger partial charge in [-0.3, -0.25) is 9.59 Å². The number of aliphatic hydroxyl groups excluding tert-OH is 2. The number of ketones is 1. The van der Waals surface area contributed by atoms with E-state index in [1.165, 1.54) is 14.0 Å². The molecule has 1 aromatic rings. The van der Waals surface area contributed by atoms with E-state index in [1.807, 2.05) is 0 Å². The quantitative estimate of drug-likeness (QED) is 0.252. The summed E-state index contributed by atoms with van der Waals surface area (Å²) in [4.78, 5) is 41.1. The maximum Gasteiger partial charge on any atom is 0.338 e. The van der Waals surface area contributed by atoms with Crippen LogP contribution in [0.15, 0.2) is 41.5 Å². The summed E-state index contributed by atoms with van der Waals surface area (Å²) < 4.78 is 29.4. The van der Waals surface area contributed by atoms with Crippen molar-refractivity contribution in [3.63, 3.8) is 0 Å². The third-order valence-electron chi connectivity index (χ3n) is 10.3. The SMILES string of the molecule is COCOC1CC2OC[C@@]2(OC(C)=O)C2[C@H](OC(=O)c3ccccc3)[C@]3(O)C[C@H](O)C(C)=C([C@@H](O)C(=O)[C@]12C)C3(C)C. The number of fused-ring (bicyclic) bond motifs is 5. The first kappa shape index (κ1) is 30.8. The zero-order chi connectivity index (χ0) is 30.8. The predicted octanol–water partition coefficient (Wildman–Crippen LogP) is 1.71. The Bertz CT molecular complexity index is 1290. The molecule has 0 spiro atoms. The van der Waals surface area contributed by atoms with E-state index in [2.05, 4.69) is 0 Å². The van der Waals surface area contributed by atoms with Crippen molar-refractivity contribution < 1.29 is 53.4 Å². The number of Topliss-reactive ketones (excluding diaryl/α,β-unsaturated/α-hetero) is 1. The fourth-order valence-corrected chi connectivity index (χ4v) is 8.03. The first-order valence-electron chi connectivity index (χ1n) is 14.2. The minimum absolute atomic E-state index is 0.101. The molecule has 11 heteroatoms. The topological polar surface area (TPSA) is 158 Å². The average molecular weight is 589 g/mol. The molecule has 42 heavy (non-hydrogen) atoms. The molecule has 0 radical (unpaired) electrons. The number of hydrogen-bond donors (Lipinski definition) is 3. The van der Waals surface area contributed by atoms with Gasteiger partial charge in [-0.25, -0.2) is 4.79 Å². The van der Waals surface area contributed by atoms with Crippen LogP contribution >= 0.6 is 0 Å². The lowest BCUT2D eigenvalue weighted by Crippen LogP contribution is -2.82. The molecule has 9 atom stereocenters. The number of rotatable bonds is 6. The number of methoxy groups -OCH3 is 1. The molecule has 3 N–H and O–H groups in total. The van der Waals surface area contributed by atoms with Gasteiger partial charge in [0.15, 0.2) is 11.4 Å². The minimum atomic E-state index is -2.05. The van der Waals surface area contributed by atoms with Crippen LogP contribution in [0.5, 0.6) is 0 Å². The highest BCUT2D eigenvalue weighted by Gasteiger charge is 2.78. The van der Waals surface area contributed by atoms with E-state index in [9.17, 15) is 29.7 Å². The van der Waals surface area contributed by atoms with Gasteiger partial charge in [-0.15, -0.1) is 0 Å². The van der Waals surface area contributed by atoms with Crippen molar-refractivity contribution in [1.29, 1.82) is 0 Å². The van der Waals surface area contributed by atoms with Crippen molar-refractivity contribution >= 4 is 17.7 Å². The molecule has 5 rings (SSSR count). The molecule has 1 aliphatic heterocycles. The Morgan fingerprint density at radius 2 is 1.79 bits per heavy atom. The zero-order valence-electron chi connectivity index (χ0n) is 24.8. The summed E-state index contributed by atoms with van der Waals surface area (Å²) >= 11 is 0. The summed E-state index contributed by atoms with van der Waals surface area (Å²) in [5.41, 5.74) is -5.94. The smallest absolute Gasteiger partial charge is 0.338 e. The van der Waals surface area contributed by atoms with E-state index in [0.717, 1.165) is 0 Å². The molecule has 3 aliphatic carbocycles. The second-order valence-corrected chi connectivity index (χ2v) is 12.7. The molecular formula is C31H40O11. The molecule has 2 bridgehead atoms. The van der Waals surface area contributed by atoms with Crippen molar-refractivity contribution in [2.75, 3.05) is 20.5 Å². The highest BCUT2D eigenvalue weighted by Crippen LogP contribution is 2.64. The summed E-state index contributed by atoms with van der Waals surface area (Å²) in [6, 6.07) is 8.18. The largest absolute Gasteiger partial charge is 0.455 e. The number of benzene rings is 1. The van der Waals surface area contributed by atoms with Gasteiger partial charge in [-0.05, 0) is 37.1 Å². The second kappa shape index (κ2) is 10.5. The lowest BCUT2D eigenvalue weighted by molar-refractivity contribution is -0.351. The van der Waals surface area contributed by atoms with Crippen LogP contribution in [0.25, 0.3) is 0 Å². The third kappa shape index (κ3) is 4.20. The van der Waals surface area contributed by atoms with Crippen LogP contribution in [0.2, 0.25) is 0 Å². The molecule has 1 heterocycles. The molecule has 2 saturated carbocycles. The van der Waals surface area contributed by atoms with Gasteiger partial charge in [0.2, 0.25) is 0 Å². The van der Waals surface area contributed by atoms with Crippen LogP contribution in [0.4, 0.5) is 0 Å². The molecule has 4 aliphatic rings. The summed E-state index contributed by atoms with van der Waals surface area (Å²) in [5, 5.41) is 35.8. The summed E-state index contributed by atoms with van der Waals surface area (Å²) in [6.07, 6.45) is -6.44. The van der Waals surface area contributed by atoms with Gasteiger partial charge in [0.05, 0.1) is 35.7 Å². The van der Waals surface area contributed by atoms with Crippen molar-refractivity contribution in [2.45, 2.75) is 89.2 Å². The summed E-state index contributed by atoms with van der Waals surface area (Å²) in [5.74, 6) is -3.37. The first-order chi connectivity index (χ1) is 19.7. The normalized spacial score (nSPS) is 40.5. The Morgan fingerprint density at radius 1 is 1.12 bits per heavy atom. The van der Waals surface area contributed by atoms with E-state index in [1.54, 1.807) is 58.0 Å². The number of carbonyl (C=O) groups excluding carboxylic acids is 3. The Labute approximate surface area is 244 Å². The van der Waals surface area contributed by atoms with Crippen molar-refractivity contribution in [3.8, 4) is 0 Å². The number of hydrogen-bond acceptors (Lipinski definition) is 11. The third-order valence-corrected chi connectivity index (χ3v) is 10.3. The molecule has 11 nitrogen and oxygen atoms in total.